The predicted molar refractivity (Wildman–Crippen MR) is 128 cm³/mol. The van der Waals surface area contributed by atoms with Gasteiger partial charge in [0.25, 0.3) is 0 Å². The predicted octanol–water partition coefficient (Wildman–Crippen LogP) is 2.94. The van der Waals surface area contributed by atoms with Crippen LogP contribution in [0.3, 0.4) is 0 Å². The number of nitrogens with zero attached hydrogens (tertiary/aromatic N) is 5. The molecule has 1 aliphatic rings. The van der Waals surface area contributed by atoms with Gasteiger partial charge in [-0.25, -0.2) is 4.98 Å². The first-order valence-corrected chi connectivity index (χ1v) is 11.8. The lowest BCUT2D eigenvalue weighted by Crippen LogP contribution is -2.41. The van der Waals surface area contributed by atoms with Crippen LogP contribution in [0, 0.1) is 0 Å². The molecular formula is C24H33N7O2. The number of carbonyl (C=O) groups excluding carboxylic acids is 1. The van der Waals surface area contributed by atoms with Gasteiger partial charge in [0.15, 0.2) is 5.65 Å². The molecule has 0 amide bonds. The molecule has 0 spiro atoms. The molecule has 0 unspecified atom stereocenters. The van der Waals surface area contributed by atoms with Crippen molar-refractivity contribution in [1.82, 2.24) is 19.6 Å². The molecule has 0 bridgehead atoms. The zero-order valence-corrected chi connectivity index (χ0v) is 19.4. The van der Waals surface area contributed by atoms with E-state index >= 15 is 0 Å². The molecule has 1 saturated heterocycles. The highest BCUT2D eigenvalue weighted by atomic mass is 16.5. The number of anilines is 2. The van der Waals surface area contributed by atoms with Crippen molar-refractivity contribution < 1.29 is 9.53 Å². The van der Waals surface area contributed by atoms with E-state index < -0.39 is 6.04 Å². The minimum atomic E-state index is -0.598. The van der Waals surface area contributed by atoms with Crippen LogP contribution in [0.25, 0.3) is 5.65 Å². The monoisotopic (exact) mass is 451 g/mol. The summed E-state index contributed by atoms with van der Waals surface area (Å²) < 4.78 is 7.23. The van der Waals surface area contributed by atoms with E-state index in [0.717, 1.165) is 67.1 Å². The van der Waals surface area contributed by atoms with Crippen molar-refractivity contribution in [3.8, 4) is 0 Å². The zero-order chi connectivity index (χ0) is 23.2. The number of aryl methyl sites for hydroxylation is 1. The molecule has 0 aromatic carbocycles. The highest BCUT2D eigenvalue weighted by molar-refractivity contribution is 5.74. The second-order valence-corrected chi connectivity index (χ2v) is 8.56. The SMILES string of the molecule is CCc1cnn2c(NCc3cccnc3)cc(N3CCCC[C@H]3CCOC(=O)[C@@H](C)N)nc12. The van der Waals surface area contributed by atoms with Crippen LogP contribution in [0.5, 0.6) is 0 Å². The Balaban J connectivity index is 1.58. The van der Waals surface area contributed by atoms with Crippen molar-refractivity contribution >= 4 is 23.3 Å². The first-order chi connectivity index (χ1) is 16.1. The maximum Gasteiger partial charge on any atom is 0.322 e. The summed E-state index contributed by atoms with van der Waals surface area (Å²) in [6.07, 6.45) is 10.4. The minimum Gasteiger partial charge on any atom is -0.464 e. The molecule has 4 rings (SSSR count). The van der Waals surface area contributed by atoms with Crippen molar-refractivity contribution in [2.75, 3.05) is 23.4 Å². The first-order valence-electron chi connectivity index (χ1n) is 11.8. The summed E-state index contributed by atoms with van der Waals surface area (Å²) in [5.74, 6) is 1.46. The number of hydrogen-bond donors (Lipinski definition) is 2. The lowest BCUT2D eigenvalue weighted by Gasteiger charge is -2.37. The lowest BCUT2D eigenvalue weighted by molar-refractivity contribution is -0.144. The zero-order valence-electron chi connectivity index (χ0n) is 19.4. The van der Waals surface area contributed by atoms with Crippen molar-refractivity contribution in [1.29, 1.82) is 0 Å². The van der Waals surface area contributed by atoms with Gasteiger partial charge in [0.1, 0.15) is 17.7 Å². The fourth-order valence-electron chi connectivity index (χ4n) is 4.24. The average Bonchev–Trinajstić information content (AvgIpc) is 3.26. The molecule has 3 N–H and O–H groups in total. The third kappa shape index (κ3) is 5.42. The Kier molecular flexibility index (Phi) is 7.39. The molecule has 0 aliphatic carbocycles. The van der Waals surface area contributed by atoms with E-state index in [1.807, 2.05) is 29.0 Å². The van der Waals surface area contributed by atoms with E-state index in [-0.39, 0.29) is 12.0 Å². The minimum absolute atomic E-state index is 0.258. The van der Waals surface area contributed by atoms with Crippen molar-refractivity contribution in [2.24, 2.45) is 5.73 Å². The van der Waals surface area contributed by atoms with E-state index in [9.17, 15) is 4.79 Å². The third-order valence-corrected chi connectivity index (χ3v) is 6.10. The number of piperidine rings is 1. The largest absolute Gasteiger partial charge is 0.464 e. The highest BCUT2D eigenvalue weighted by Gasteiger charge is 2.25. The average molecular weight is 452 g/mol. The topological polar surface area (TPSA) is 111 Å². The second kappa shape index (κ2) is 10.6. The number of ether oxygens (including phenoxy) is 1. The molecule has 3 aromatic heterocycles. The smallest absolute Gasteiger partial charge is 0.322 e. The fraction of sp³-hybridized carbons (Fsp3) is 0.500. The number of rotatable bonds is 9. The number of nitrogens with two attached hydrogens (primary N) is 1. The first kappa shape index (κ1) is 23.0. The number of nitrogens with one attached hydrogen (secondary N) is 1. The summed E-state index contributed by atoms with van der Waals surface area (Å²) in [6.45, 7) is 5.69. The maximum absolute atomic E-state index is 11.8. The van der Waals surface area contributed by atoms with Gasteiger partial charge < -0.3 is 20.7 Å². The molecule has 9 nitrogen and oxygen atoms in total. The molecule has 0 radical (unpaired) electrons. The van der Waals surface area contributed by atoms with E-state index in [0.29, 0.717) is 13.2 Å². The Bertz CT molecular complexity index is 1070. The van der Waals surface area contributed by atoms with Crippen molar-refractivity contribution in [3.63, 3.8) is 0 Å². The lowest BCUT2D eigenvalue weighted by atomic mass is 9.99. The van der Waals surface area contributed by atoms with Crippen LogP contribution in [0.1, 0.15) is 50.7 Å². The quantitative estimate of drug-likeness (QED) is 0.478. The van der Waals surface area contributed by atoms with Gasteiger partial charge >= 0.3 is 5.97 Å². The van der Waals surface area contributed by atoms with E-state index in [1.54, 1.807) is 13.1 Å². The summed E-state index contributed by atoms with van der Waals surface area (Å²) in [6, 6.07) is 5.71. The Hall–Kier alpha value is -3.20. The van der Waals surface area contributed by atoms with Crippen LogP contribution in [-0.2, 0) is 22.5 Å². The second-order valence-electron chi connectivity index (χ2n) is 8.56. The van der Waals surface area contributed by atoms with Gasteiger partial charge in [-0.05, 0) is 44.2 Å². The Morgan fingerprint density at radius 1 is 1.36 bits per heavy atom. The van der Waals surface area contributed by atoms with Crippen LogP contribution < -0.4 is 16.0 Å². The third-order valence-electron chi connectivity index (χ3n) is 6.10. The summed E-state index contributed by atoms with van der Waals surface area (Å²) in [7, 11) is 0. The standard InChI is InChI=1S/C24H33N7O2/c1-3-19-16-28-31-21(27-15-18-7-6-10-26-14-18)13-22(29-23(19)31)30-11-5-4-8-20(30)9-12-33-24(32)17(2)25/h6-7,10,13-14,16-17,20,27H,3-5,8-9,11-12,15,25H2,1-2H3/t17-,20+/m1/s1. The summed E-state index contributed by atoms with van der Waals surface area (Å²) in [4.78, 5) is 23.3. The molecule has 9 heteroatoms. The Morgan fingerprint density at radius 2 is 2.24 bits per heavy atom. The van der Waals surface area contributed by atoms with Crippen LogP contribution in [0.15, 0.2) is 36.8 Å². The molecule has 1 fully saturated rings. The van der Waals surface area contributed by atoms with Crippen LogP contribution in [-0.4, -0.2) is 50.8 Å². The summed E-state index contributed by atoms with van der Waals surface area (Å²) >= 11 is 0. The molecule has 2 atom stereocenters. The Morgan fingerprint density at radius 3 is 3.00 bits per heavy atom. The summed E-state index contributed by atoms with van der Waals surface area (Å²) in [5, 5.41) is 8.10. The van der Waals surface area contributed by atoms with Gasteiger partial charge in [-0.2, -0.15) is 9.61 Å². The number of hydrogen-bond acceptors (Lipinski definition) is 8. The van der Waals surface area contributed by atoms with Gasteiger partial charge in [0, 0.05) is 49.6 Å². The normalized spacial score (nSPS) is 17.2. The Labute approximate surface area is 194 Å². The molecular weight excluding hydrogens is 418 g/mol. The molecule has 0 saturated carbocycles. The van der Waals surface area contributed by atoms with Crippen molar-refractivity contribution in [2.45, 2.75) is 64.6 Å². The van der Waals surface area contributed by atoms with E-state index in [4.69, 9.17) is 15.5 Å². The van der Waals surface area contributed by atoms with Gasteiger partial charge in [-0.3, -0.25) is 9.78 Å². The molecule has 1 aliphatic heterocycles. The fourth-order valence-corrected chi connectivity index (χ4v) is 4.24. The van der Waals surface area contributed by atoms with Crippen LogP contribution in [0.4, 0.5) is 11.6 Å². The number of esters is 1. The van der Waals surface area contributed by atoms with Gasteiger partial charge in [-0.1, -0.05) is 13.0 Å². The van der Waals surface area contributed by atoms with Crippen LogP contribution >= 0.6 is 0 Å². The van der Waals surface area contributed by atoms with Gasteiger partial charge in [0.2, 0.25) is 0 Å². The molecule has 3 aromatic rings. The van der Waals surface area contributed by atoms with E-state index in [1.165, 1.54) is 0 Å². The molecule has 4 heterocycles. The highest BCUT2D eigenvalue weighted by Crippen LogP contribution is 2.29. The number of aromatic nitrogens is 4. The number of carbonyl (C=O) groups is 1. The number of fused-ring (bicyclic) bond motifs is 1. The van der Waals surface area contributed by atoms with Crippen molar-refractivity contribution in [3.05, 3.63) is 47.9 Å². The maximum atomic E-state index is 11.8. The summed E-state index contributed by atoms with van der Waals surface area (Å²) in [5.41, 5.74) is 8.70. The van der Waals surface area contributed by atoms with E-state index in [2.05, 4.69) is 33.3 Å². The molecule has 33 heavy (non-hydrogen) atoms. The van der Waals surface area contributed by atoms with Gasteiger partial charge in [0.05, 0.1) is 12.8 Å². The van der Waals surface area contributed by atoms with Crippen LogP contribution in [0.2, 0.25) is 0 Å². The molecule has 176 valence electrons. The van der Waals surface area contributed by atoms with Gasteiger partial charge in [-0.15, -0.1) is 0 Å². The number of pyridine rings is 1.